The summed E-state index contributed by atoms with van der Waals surface area (Å²) in [5.74, 6) is -0.234. The van der Waals surface area contributed by atoms with Gasteiger partial charge in [-0.1, -0.05) is 38.1 Å². The number of rotatable bonds is 10. The minimum absolute atomic E-state index is 0. The Morgan fingerprint density at radius 3 is 2.20 bits per heavy atom. The minimum Gasteiger partial charge on any atom is -0.412 e. The van der Waals surface area contributed by atoms with Crippen LogP contribution in [0, 0.1) is 0 Å². The summed E-state index contributed by atoms with van der Waals surface area (Å²) in [6.45, 7) is 3.57. The van der Waals surface area contributed by atoms with E-state index in [1.54, 1.807) is 0 Å². The molecule has 1 aromatic rings. The largest absolute Gasteiger partial charge is 0.412 e. The van der Waals surface area contributed by atoms with Crippen LogP contribution in [0.2, 0.25) is 0 Å². The van der Waals surface area contributed by atoms with Crippen molar-refractivity contribution in [3.8, 4) is 0 Å². The third-order valence-corrected chi connectivity index (χ3v) is 5.77. The fraction of sp³-hybridized carbons (Fsp3) is 0.696. The first kappa shape index (κ1) is 33.3. The highest BCUT2D eigenvalue weighted by atomic mass is 16.5. The van der Waals surface area contributed by atoms with E-state index >= 15 is 0 Å². The lowest BCUT2D eigenvalue weighted by Gasteiger charge is -2.34. The van der Waals surface area contributed by atoms with Gasteiger partial charge in [-0.2, -0.15) is 0 Å². The number of benzene rings is 1. The molecule has 35 heavy (non-hydrogen) atoms. The van der Waals surface area contributed by atoms with E-state index in [-0.39, 0.29) is 31.7 Å². The van der Waals surface area contributed by atoms with Gasteiger partial charge in [0, 0.05) is 13.0 Å². The van der Waals surface area contributed by atoms with Gasteiger partial charge < -0.3 is 56.4 Å². The number of carbonyl (C=O) groups excluding carboxylic acids is 1. The van der Waals surface area contributed by atoms with Crippen LogP contribution in [0.15, 0.2) is 24.3 Å². The predicted octanol–water partition coefficient (Wildman–Crippen LogP) is -3.08. The minimum atomic E-state index is -1.64. The van der Waals surface area contributed by atoms with E-state index in [9.17, 15) is 20.1 Å². The van der Waals surface area contributed by atoms with Gasteiger partial charge in [0.05, 0.1) is 32.0 Å². The molecule has 1 amide bonds. The van der Waals surface area contributed by atoms with Crippen molar-refractivity contribution in [3.63, 3.8) is 0 Å². The lowest BCUT2D eigenvalue weighted by atomic mass is 9.97. The Labute approximate surface area is 204 Å². The number of carbonyl (C=O) groups is 1. The summed E-state index contributed by atoms with van der Waals surface area (Å²) in [5.41, 5.74) is 2.12. The molecule has 1 aliphatic rings. The third-order valence-electron chi connectivity index (χ3n) is 5.77. The van der Waals surface area contributed by atoms with Crippen LogP contribution in [0.3, 0.4) is 0 Å². The zero-order valence-electron chi connectivity index (χ0n) is 20.1. The summed E-state index contributed by atoms with van der Waals surface area (Å²) in [6.07, 6.45) is -7.72. The van der Waals surface area contributed by atoms with Crippen molar-refractivity contribution < 1.29 is 55.9 Å². The Morgan fingerprint density at radius 1 is 1.09 bits per heavy atom. The van der Waals surface area contributed by atoms with Crippen LogP contribution in [0.4, 0.5) is 0 Å². The highest BCUT2D eigenvalue weighted by molar-refractivity contribution is 5.81. The van der Waals surface area contributed by atoms with Gasteiger partial charge in [0.1, 0.15) is 24.4 Å². The number of aliphatic hydroxyl groups excluding tert-OH is 8. The molecule has 0 aromatic heterocycles. The summed E-state index contributed by atoms with van der Waals surface area (Å²) in [5, 5.41) is 75.5. The summed E-state index contributed by atoms with van der Waals surface area (Å²) in [7, 11) is 0. The summed E-state index contributed by atoms with van der Waals surface area (Å²) < 4.78 is 4.81. The van der Waals surface area contributed by atoms with Crippen molar-refractivity contribution in [2.45, 2.75) is 81.9 Å². The highest BCUT2D eigenvalue weighted by Crippen LogP contribution is 2.19. The van der Waals surface area contributed by atoms with Crippen LogP contribution in [0.25, 0.3) is 0 Å². The molecule has 204 valence electrons. The fourth-order valence-corrected chi connectivity index (χ4v) is 3.18. The van der Waals surface area contributed by atoms with Gasteiger partial charge in [0.2, 0.25) is 0 Å². The second-order valence-electron chi connectivity index (χ2n) is 8.46. The first-order valence-electron chi connectivity index (χ1n) is 11.3. The predicted molar refractivity (Wildman–Crippen MR) is 125 cm³/mol. The summed E-state index contributed by atoms with van der Waals surface area (Å²) in [6, 6.07) is 7.86. The van der Waals surface area contributed by atoms with E-state index < -0.39 is 55.2 Å². The average Bonchev–Trinajstić information content (AvgIpc) is 2.85. The fourth-order valence-electron chi connectivity index (χ4n) is 3.18. The molecule has 12 nitrogen and oxygen atoms in total. The maximum atomic E-state index is 11.8. The maximum absolute atomic E-state index is 11.8. The molecule has 0 saturated carbocycles. The highest BCUT2D eigenvalue weighted by Gasteiger charge is 2.36. The molecule has 0 bridgehead atoms. The number of aliphatic hydroxyl groups is 8. The molecule has 0 radical (unpaired) electrons. The zero-order valence-corrected chi connectivity index (χ0v) is 20.1. The van der Waals surface area contributed by atoms with Crippen molar-refractivity contribution in [2.75, 3.05) is 19.8 Å². The topological polar surface area (TPSA) is 232 Å². The van der Waals surface area contributed by atoms with Crippen LogP contribution in [0.1, 0.15) is 43.7 Å². The van der Waals surface area contributed by atoms with Crippen LogP contribution < -0.4 is 5.32 Å². The average molecular weight is 508 g/mol. The molecular formula is C23H41NO11. The van der Waals surface area contributed by atoms with Gasteiger partial charge >= 0.3 is 0 Å². The standard InChI is InChI=1S/C17H27NO5.C6H12O5.H2O/c1-3-11(2)13-6-4-12(5-7-13)9-18-17(23)16(22)15(21)8-14(20)10-19;7-1-4-6(10)5(9)3(8)2-11-4;/h4-7,11,14-16,19-22H,3,8-10H2,1-2H3,(H,18,23);3-10H,1-2H2;1H2. The van der Waals surface area contributed by atoms with Gasteiger partial charge in [0.25, 0.3) is 5.91 Å². The Kier molecular flexibility index (Phi) is 16.0. The van der Waals surface area contributed by atoms with Crippen molar-refractivity contribution in [1.29, 1.82) is 0 Å². The molecule has 1 heterocycles. The maximum Gasteiger partial charge on any atom is 0.251 e. The Balaban J connectivity index is 0.000000807. The second kappa shape index (κ2) is 16.9. The van der Waals surface area contributed by atoms with Crippen LogP contribution >= 0.6 is 0 Å². The smallest absolute Gasteiger partial charge is 0.251 e. The summed E-state index contributed by atoms with van der Waals surface area (Å²) in [4.78, 5) is 11.8. The normalized spacial score (nSPS) is 25.2. The van der Waals surface area contributed by atoms with E-state index in [1.165, 1.54) is 5.56 Å². The number of ether oxygens (including phenoxy) is 1. The molecule has 8 unspecified atom stereocenters. The van der Waals surface area contributed by atoms with E-state index in [2.05, 4.69) is 19.2 Å². The van der Waals surface area contributed by atoms with E-state index in [0.29, 0.717) is 5.92 Å². The Hall–Kier alpha value is -1.71. The van der Waals surface area contributed by atoms with Gasteiger partial charge in [-0.05, 0) is 23.5 Å². The molecule has 1 aliphatic heterocycles. The second-order valence-corrected chi connectivity index (χ2v) is 8.46. The molecule has 2 rings (SSSR count). The van der Waals surface area contributed by atoms with Crippen molar-refractivity contribution in [3.05, 3.63) is 35.4 Å². The van der Waals surface area contributed by atoms with Crippen LogP contribution in [0.5, 0.6) is 0 Å². The molecule has 1 saturated heterocycles. The van der Waals surface area contributed by atoms with Crippen molar-refractivity contribution in [1.82, 2.24) is 5.32 Å². The first-order chi connectivity index (χ1) is 16.0. The molecule has 0 spiro atoms. The number of hydrogen-bond donors (Lipinski definition) is 9. The van der Waals surface area contributed by atoms with Gasteiger partial charge in [-0.15, -0.1) is 0 Å². The molecular weight excluding hydrogens is 466 g/mol. The first-order valence-corrected chi connectivity index (χ1v) is 11.3. The van der Waals surface area contributed by atoms with E-state index in [4.69, 9.17) is 30.3 Å². The van der Waals surface area contributed by atoms with Gasteiger partial charge in [0.15, 0.2) is 6.10 Å². The summed E-state index contributed by atoms with van der Waals surface area (Å²) >= 11 is 0. The lowest BCUT2D eigenvalue weighted by molar-refractivity contribution is -0.195. The number of hydrogen-bond acceptors (Lipinski definition) is 10. The molecule has 11 N–H and O–H groups in total. The monoisotopic (exact) mass is 507 g/mol. The Morgan fingerprint density at radius 2 is 1.69 bits per heavy atom. The van der Waals surface area contributed by atoms with Crippen LogP contribution in [-0.4, -0.2) is 115 Å². The van der Waals surface area contributed by atoms with Crippen molar-refractivity contribution >= 4 is 5.91 Å². The number of nitrogens with one attached hydrogen (secondary N) is 1. The molecule has 1 aromatic carbocycles. The van der Waals surface area contributed by atoms with E-state index in [1.807, 2.05) is 24.3 Å². The van der Waals surface area contributed by atoms with Crippen molar-refractivity contribution in [2.24, 2.45) is 0 Å². The SMILES string of the molecule is CCC(C)c1ccc(CNC(=O)C(O)C(O)CC(O)CO)cc1.O.OCC1OCC(O)C(O)C1O. The van der Waals surface area contributed by atoms with Crippen LogP contribution in [-0.2, 0) is 16.1 Å². The number of amides is 1. The van der Waals surface area contributed by atoms with Gasteiger partial charge in [-0.3, -0.25) is 4.79 Å². The quantitative estimate of drug-likeness (QED) is 0.155. The third kappa shape index (κ3) is 10.8. The van der Waals surface area contributed by atoms with Gasteiger partial charge in [-0.25, -0.2) is 0 Å². The molecule has 0 aliphatic carbocycles. The molecule has 12 heteroatoms. The Bertz CT molecular complexity index is 703. The molecule has 8 atom stereocenters. The molecule has 1 fully saturated rings. The lowest BCUT2D eigenvalue weighted by Crippen LogP contribution is -2.53. The zero-order chi connectivity index (χ0) is 25.8. The van der Waals surface area contributed by atoms with E-state index in [0.717, 1.165) is 12.0 Å².